The van der Waals surface area contributed by atoms with Crippen molar-refractivity contribution >= 4 is 27.6 Å². The first kappa shape index (κ1) is 103. The van der Waals surface area contributed by atoms with E-state index >= 15 is 0 Å². The fourth-order valence-electron chi connectivity index (χ4n) is 22.1. The fraction of sp³-hybridized carbons (Fsp3) is 0.412. The van der Waals surface area contributed by atoms with Gasteiger partial charge in [-0.1, -0.05) is 317 Å². The van der Waals surface area contributed by atoms with Crippen molar-refractivity contribution in [2.75, 3.05) is 0 Å². The van der Waals surface area contributed by atoms with Gasteiger partial charge in [-0.25, -0.2) is 0 Å². The standard InChI is InChI=1S/2C27H30N.C25H28N3.2C20H24N.4Ir/c2*1-18-15-24(28-17-21(18)19-11-9-8-10-12-19)20-13-14-22-23(16-20)26(4,5)27(6,7)25(22,2)3;1-23(2,3)22-27-18-11-9-8-10-15(18)21-26-19-12-16-17(13-20(19)28(21)22)25(6,7)14-24(16,4)5;2*1-18(2)15-11-10-14(17-9-7-8-12-21-17)13-16(15)19(3,4)20(18,5)6;;;;/h2*8-12,14-17H,1-7H3;8-9,11-13H,14H2,1-7H3;2*7-9,11-13H,1-6H3;;;;/q5*-1;;;;. The van der Waals surface area contributed by atoms with Crippen LogP contribution in [0.1, 0.15) is 294 Å². The van der Waals surface area contributed by atoms with Crippen LogP contribution in [0.15, 0.2) is 213 Å². The predicted molar refractivity (Wildman–Crippen MR) is 530 cm³/mol. The Labute approximate surface area is 834 Å². The maximum absolute atomic E-state index is 5.10. The minimum atomic E-state index is -0.0935. The number of hydrogen-bond acceptors (Lipinski definition) is 6. The Hall–Kier alpha value is -7.90. The van der Waals surface area contributed by atoms with Gasteiger partial charge in [-0.3, -0.25) is 9.97 Å². The summed E-state index contributed by atoms with van der Waals surface area (Å²) in [7, 11) is 0. The van der Waals surface area contributed by atoms with Crippen molar-refractivity contribution in [3.8, 4) is 67.3 Å². The minimum Gasteiger partial charge on any atom is -0.321 e. The van der Waals surface area contributed by atoms with Gasteiger partial charge in [-0.05, 0) is 182 Å². The Kier molecular flexibility index (Phi) is 27.9. The van der Waals surface area contributed by atoms with Crippen molar-refractivity contribution in [1.29, 1.82) is 0 Å². The molecule has 0 saturated heterocycles. The van der Waals surface area contributed by atoms with Gasteiger partial charge in [0.25, 0.3) is 0 Å². The third kappa shape index (κ3) is 16.5. The molecule has 688 valence electrons. The van der Waals surface area contributed by atoms with Crippen LogP contribution in [-0.2, 0) is 140 Å². The molecule has 5 aliphatic rings. The van der Waals surface area contributed by atoms with E-state index in [2.05, 4.69) is 413 Å². The smallest absolute Gasteiger partial charge is 0.102 e. The monoisotopic (exact) mass is 2430 g/mol. The van der Waals surface area contributed by atoms with Gasteiger partial charge in [0.1, 0.15) is 5.82 Å². The molecule has 11 heteroatoms. The summed E-state index contributed by atoms with van der Waals surface area (Å²) in [5.41, 5.74) is 36.0. The first-order chi connectivity index (χ1) is 58.5. The molecule has 19 rings (SSSR count). The molecule has 0 aliphatic heterocycles. The number of fused-ring (bicyclic) bond motifs is 10. The molecule has 0 unspecified atom stereocenters. The maximum Gasteiger partial charge on any atom is 0.102 e. The van der Waals surface area contributed by atoms with Crippen LogP contribution in [0, 0.1) is 65.8 Å². The van der Waals surface area contributed by atoms with E-state index in [1.165, 1.54) is 89.0 Å². The molecule has 0 amide bonds. The quantitative estimate of drug-likeness (QED) is 0.154. The number of pyridine rings is 4. The Morgan fingerprint density at radius 1 is 0.308 bits per heavy atom. The van der Waals surface area contributed by atoms with Crippen molar-refractivity contribution in [2.45, 2.75) is 294 Å². The van der Waals surface area contributed by atoms with E-state index in [1.807, 2.05) is 73.3 Å². The van der Waals surface area contributed by atoms with Crippen molar-refractivity contribution in [3.05, 3.63) is 316 Å². The van der Waals surface area contributed by atoms with Crippen LogP contribution in [0.3, 0.4) is 0 Å². The average Bonchev–Trinajstić information content (AvgIpc) is 1.56. The Balaban J connectivity index is 0.000000157. The van der Waals surface area contributed by atoms with Crippen molar-refractivity contribution in [3.63, 3.8) is 0 Å². The second-order valence-electron chi connectivity index (χ2n) is 45.8. The topological polar surface area (TPSA) is 81.8 Å². The van der Waals surface area contributed by atoms with Crippen LogP contribution < -0.4 is 0 Å². The van der Waals surface area contributed by atoms with Gasteiger partial charge in [-0.2, -0.15) is 0 Å². The minimum absolute atomic E-state index is 0. The summed E-state index contributed by atoms with van der Waals surface area (Å²) in [5, 5.41) is 0.991. The second kappa shape index (κ2) is 35.4. The molecule has 6 heterocycles. The molecule has 0 fully saturated rings. The van der Waals surface area contributed by atoms with E-state index in [-0.39, 0.29) is 162 Å². The number of rotatable bonds is 6. The van der Waals surface area contributed by atoms with E-state index in [0.29, 0.717) is 0 Å². The number of benzene rings is 8. The van der Waals surface area contributed by atoms with Gasteiger partial charge in [0.05, 0.1) is 16.7 Å². The molecule has 130 heavy (non-hydrogen) atoms. The van der Waals surface area contributed by atoms with E-state index < -0.39 is 0 Å². The molecule has 7 nitrogen and oxygen atoms in total. The van der Waals surface area contributed by atoms with Crippen LogP contribution >= 0.6 is 0 Å². The number of hydrogen-bond donors (Lipinski definition) is 0. The SMILES string of the molecule is CC(C)(C)c1nc2ccc[c-]c2c2nc3cc4c(cc3n12)C(C)(C)CC4(C)C.CC1(C)c2c[c-]c(-c3ccccn3)cc2C(C)(C)C1(C)C.CC1(C)c2c[c-]c(-c3ccccn3)cc2C(C)(C)C1(C)C.Cc1cc(-c2[c-]cc3c(c2)C(C)(C)C(C)(C)C3(C)C)ncc1-c1ccccc1.Cc1cc(-c2[c-]cc3c(c2)C(C)(C)C(C)(C)C3(C)C)ncc1-c1ccccc1.[Ir].[Ir].[Ir].[Ir]. The summed E-state index contributed by atoms with van der Waals surface area (Å²) < 4.78 is 2.27. The number of nitrogens with zero attached hydrogens (tertiary/aromatic N) is 7. The summed E-state index contributed by atoms with van der Waals surface area (Å²) in [6.07, 6.45) is 8.84. The van der Waals surface area contributed by atoms with Gasteiger partial charge in [0.2, 0.25) is 0 Å². The second-order valence-corrected chi connectivity index (χ2v) is 45.8. The zero-order valence-corrected chi connectivity index (χ0v) is 93.0. The van der Waals surface area contributed by atoms with Gasteiger partial charge < -0.3 is 24.3 Å². The van der Waals surface area contributed by atoms with Gasteiger partial charge >= 0.3 is 0 Å². The molecule has 0 N–H and O–H groups in total. The van der Waals surface area contributed by atoms with E-state index in [1.54, 1.807) is 0 Å². The predicted octanol–water partition coefficient (Wildman–Crippen LogP) is 30.6. The molecule has 4 radical (unpaired) electrons. The summed E-state index contributed by atoms with van der Waals surface area (Å²) in [6.45, 7) is 77.4. The average molecular weight is 2430 g/mol. The van der Waals surface area contributed by atoms with Gasteiger partial charge in [0.15, 0.2) is 0 Å². The Bertz CT molecular complexity index is 6250. The number of imidazole rings is 1. The third-order valence-corrected chi connectivity index (χ3v) is 34.8. The molecule has 0 saturated carbocycles. The molecule has 14 aromatic rings. The molecule has 0 atom stereocenters. The van der Waals surface area contributed by atoms with E-state index in [4.69, 9.17) is 19.9 Å². The number of aryl methyl sites for hydroxylation is 2. The van der Waals surface area contributed by atoms with E-state index in [9.17, 15) is 0 Å². The zero-order chi connectivity index (χ0) is 91.6. The molecule has 0 spiro atoms. The normalized spacial score (nSPS) is 18.8. The third-order valence-electron chi connectivity index (χ3n) is 34.8. The van der Waals surface area contributed by atoms with E-state index in [0.717, 1.165) is 84.9 Å². The molecule has 0 bridgehead atoms. The van der Waals surface area contributed by atoms with Crippen LogP contribution in [0.25, 0.3) is 94.9 Å². The summed E-state index contributed by atoms with van der Waals surface area (Å²) >= 11 is 0. The van der Waals surface area contributed by atoms with Gasteiger partial charge in [0, 0.05) is 122 Å². The molecule has 8 aromatic carbocycles. The largest absolute Gasteiger partial charge is 0.321 e. The van der Waals surface area contributed by atoms with Crippen LogP contribution in [0.4, 0.5) is 0 Å². The summed E-state index contributed by atoms with van der Waals surface area (Å²) in [6, 6.07) is 83.5. The first-order valence-electron chi connectivity index (χ1n) is 45.8. The summed E-state index contributed by atoms with van der Waals surface area (Å²) in [5.74, 6) is 1.05. The Morgan fingerprint density at radius 3 is 0.954 bits per heavy atom. The van der Waals surface area contributed by atoms with Crippen LogP contribution in [0.2, 0.25) is 0 Å². The summed E-state index contributed by atoms with van der Waals surface area (Å²) in [4.78, 5) is 28.7. The molecule has 5 aliphatic carbocycles. The molecular weight excluding hydrogens is 2300 g/mol. The first-order valence-corrected chi connectivity index (χ1v) is 45.8. The maximum atomic E-state index is 5.10. The van der Waals surface area contributed by atoms with Crippen molar-refractivity contribution in [2.24, 2.45) is 21.7 Å². The van der Waals surface area contributed by atoms with Crippen molar-refractivity contribution < 1.29 is 80.4 Å². The van der Waals surface area contributed by atoms with Crippen molar-refractivity contribution in [1.82, 2.24) is 34.3 Å². The fourth-order valence-corrected chi connectivity index (χ4v) is 22.1. The molecule has 6 aromatic heterocycles. The molecular formula is C119H136Ir4N7-5. The zero-order valence-electron chi connectivity index (χ0n) is 83.4. The van der Waals surface area contributed by atoms with Crippen LogP contribution in [-0.4, -0.2) is 34.3 Å². The number of aromatic nitrogens is 7. The van der Waals surface area contributed by atoms with Crippen LogP contribution in [0.5, 0.6) is 0 Å². The van der Waals surface area contributed by atoms with Gasteiger partial charge in [-0.15, -0.1) is 164 Å². The Morgan fingerprint density at radius 2 is 0.631 bits per heavy atom.